The van der Waals surface area contributed by atoms with Crippen molar-refractivity contribution in [3.05, 3.63) is 30.1 Å². The van der Waals surface area contributed by atoms with E-state index in [2.05, 4.69) is 4.90 Å². The summed E-state index contributed by atoms with van der Waals surface area (Å²) in [5, 5.41) is 0. The molecule has 4 heteroatoms. The molecule has 100 valence electrons. The number of nitrogens with two attached hydrogens (primary N) is 1. The van der Waals surface area contributed by atoms with E-state index in [1.54, 1.807) is 12.1 Å². The van der Waals surface area contributed by atoms with Crippen LogP contribution in [0.25, 0.3) is 0 Å². The predicted octanol–water partition coefficient (Wildman–Crippen LogP) is 2.02. The van der Waals surface area contributed by atoms with Gasteiger partial charge in [0.25, 0.3) is 0 Å². The van der Waals surface area contributed by atoms with Crippen LogP contribution in [0.3, 0.4) is 0 Å². The zero-order valence-electron chi connectivity index (χ0n) is 10.9. The van der Waals surface area contributed by atoms with Gasteiger partial charge < -0.3 is 15.4 Å². The zero-order chi connectivity index (χ0) is 13.0. The third-order valence-corrected chi connectivity index (χ3v) is 3.66. The Kier molecular flexibility index (Phi) is 4.19. The molecule has 0 saturated carbocycles. The van der Waals surface area contributed by atoms with Crippen molar-refractivity contribution in [2.24, 2.45) is 11.1 Å². The second-order valence-corrected chi connectivity index (χ2v) is 5.20. The fourth-order valence-corrected chi connectivity index (χ4v) is 2.57. The maximum absolute atomic E-state index is 13.2. The van der Waals surface area contributed by atoms with Gasteiger partial charge in [0.15, 0.2) is 0 Å². The van der Waals surface area contributed by atoms with E-state index < -0.39 is 0 Å². The van der Waals surface area contributed by atoms with Gasteiger partial charge in [-0.25, -0.2) is 4.39 Å². The highest BCUT2D eigenvalue weighted by molar-refractivity contribution is 5.45. The van der Waals surface area contributed by atoms with Crippen LogP contribution in [0.15, 0.2) is 24.3 Å². The van der Waals surface area contributed by atoms with E-state index in [0.29, 0.717) is 13.2 Å². The Hall–Kier alpha value is -1.13. The zero-order valence-corrected chi connectivity index (χ0v) is 10.9. The number of hydrogen-bond donors (Lipinski definition) is 1. The van der Waals surface area contributed by atoms with Crippen LogP contribution in [0.2, 0.25) is 0 Å². The topological polar surface area (TPSA) is 38.5 Å². The Balaban J connectivity index is 2.07. The van der Waals surface area contributed by atoms with Crippen LogP contribution < -0.4 is 10.6 Å². The first-order chi connectivity index (χ1) is 8.65. The molecular formula is C14H21FN2O. The number of anilines is 1. The van der Waals surface area contributed by atoms with Gasteiger partial charge in [0.2, 0.25) is 0 Å². The molecule has 0 amide bonds. The van der Waals surface area contributed by atoms with Crippen molar-refractivity contribution in [1.29, 1.82) is 0 Å². The van der Waals surface area contributed by atoms with E-state index in [1.807, 2.05) is 13.1 Å². The molecule has 1 heterocycles. The minimum atomic E-state index is -0.207. The quantitative estimate of drug-likeness (QED) is 0.891. The number of benzene rings is 1. The lowest BCUT2D eigenvalue weighted by molar-refractivity contribution is 0.00170. The van der Waals surface area contributed by atoms with Gasteiger partial charge in [-0.1, -0.05) is 6.07 Å². The average Bonchev–Trinajstić information content (AvgIpc) is 2.40. The SMILES string of the molecule is CN(CC1(CN)CCCOC1)c1cccc(F)c1. The van der Waals surface area contributed by atoms with Gasteiger partial charge in [-0.15, -0.1) is 0 Å². The van der Waals surface area contributed by atoms with E-state index in [9.17, 15) is 4.39 Å². The van der Waals surface area contributed by atoms with Crippen molar-refractivity contribution in [3.63, 3.8) is 0 Å². The van der Waals surface area contributed by atoms with E-state index in [4.69, 9.17) is 10.5 Å². The van der Waals surface area contributed by atoms with Crippen LogP contribution in [-0.4, -0.2) is 33.4 Å². The molecule has 0 bridgehead atoms. The summed E-state index contributed by atoms with van der Waals surface area (Å²) < 4.78 is 18.8. The van der Waals surface area contributed by atoms with Crippen molar-refractivity contribution in [2.45, 2.75) is 12.8 Å². The van der Waals surface area contributed by atoms with Crippen LogP contribution in [0.1, 0.15) is 12.8 Å². The first kappa shape index (κ1) is 13.3. The molecule has 0 aliphatic carbocycles. The molecule has 1 saturated heterocycles. The second kappa shape index (κ2) is 5.67. The summed E-state index contributed by atoms with van der Waals surface area (Å²) in [6.07, 6.45) is 2.12. The maximum Gasteiger partial charge on any atom is 0.125 e. The summed E-state index contributed by atoms with van der Waals surface area (Å²) >= 11 is 0. The Morgan fingerprint density at radius 2 is 2.33 bits per heavy atom. The Morgan fingerprint density at radius 1 is 1.50 bits per heavy atom. The third kappa shape index (κ3) is 3.00. The highest BCUT2D eigenvalue weighted by atomic mass is 19.1. The molecule has 1 aromatic carbocycles. The maximum atomic E-state index is 13.2. The molecule has 2 rings (SSSR count). The van der Waals surface area contributed by atoms with Crippen molar-refractivity contribution in [1.82, 2.24) is 0 Å². The summed E-state index contributed by atoms with van der Waals surface area (Å²) in [6.45, 7) is 2.92. The van der Waals surface area contributed by atoms with E-state index in [0.717, 1.165) is 31.7 Å². The minimum absolute atomic E-state index is 0.000677. The van der Waals surface area contributed by atoms with E-state index in [1.165, 1.54) is 6.07 Å². The first-order valence-electron chi connectivity index (χ1n) is 6.40. The smallest absolute Gasteiger partial charge is 0.125 e. The van der Waals surface area contributed by atoms with Crippen molar-refractivity contribution in [3.8, 4) is 0 Å². The monoisotopic (exact) mass is 252 g/mol. The Bertz CT molecular complexity index is 391. The summed E-state index contributed by atoms with van der Waals surface area (Å²) in [6, 6.07) is 6.65. The first-order valence-corrected chi connectivity index (χ1v) is 6.40. The molecule has 0 radical (unpaired) electrons. The van der Waals surface area contributed by atoms with Gasteiger partial charge in [0, 0.05) is 37.8 Å². The molecule has 0 aromatic heterocycles. The number of ether oxygens (including phenoxy) is 1. The summed E-state index contributed by atoms with van der Waals surface area (Å²) in [4.78, 5) is 2.06. The Labute approximate surface area is 108 Å². The molecule has 0 spiro atoms. The molecule has 18 heavy (non-hydrogen) atoms. The molecule has 1 unspecified atom stereocenters. The normalized spacial score (nSPS) is 23.9. The summed E-state index contributed by atoms with van der Waals surface area (Å²) in [7, 11) is 1.97. The molecule has 1 atom stereocenters. The van der Waals surface area contributed by atoms with Crippen LogP contribution in [0, 0.1) is 11.2 Å². The lowest BCUT2D eigenvalue weighted by atomic mass is 9.82. The van der Waals surface area contributed by atoms with E-state index >= 15 is 0 Å². The summed E-state index contributed by atoms with van der Waals surface area (Å²) in [5.41, 5.74) is 6.80. The van der Waals surface area contributed by atoms with E-state index in [-0.39, 0.29) is 11.2 Å². The fraction of sp³-hybridized carbons (Fsp3) is 0.571. The number of nitrogens with zero attached hydrogens (tertiary/aromatic N) is 1. The van der Waals surface area contributed by atoms with Crippen LogP contribution >= 0.6 is 0 Å². The molecule has 1 aromatic rings. The van der Waals surface area contributed by atoms with Crippen LogP contribution in [0.5, 0.6) is 0 Å². The number of halogens is 1. The Morgan fingerprint density at radius 3 is 2.94 bits per heavy atom. The minimum Gasteiger partial charge on any atom is -0.381 e. The fourth-order valence-electron chi connectivity index (χ4n) is 2.57. The van der Waals surface area contributed by atoms with Gasteiger partial charge in [-0.3, -0.25) is 0 Å². The third-order valence-electron chi connectivity index (χ3n) is 3.66. The standard InChI is InChI=1S/C14H21FN2O/c1-17(13-5-2-4-12(15)8-13)10-14(9-16)6-3-7-18-11-14/h2,4-5,8H,3,6-7,9-11,16H2,1H3. The summed E-state index contributed by atoms with van der Waals surface area (Å²) in [5.74, 6) is -0.207. The van der Waals surface area contributed by atoms with Crippen molar-refractivity contribution < 1.29 is 9.13 Å². The predicted molar refractivity (Wildman–Crippen MR) is 71.2 cm³/mol. The molecule has 1 aliphatic heterocycles. The number of rotatable bonds is 4. The van der Waals surface area contributed by atoms with Gasteiger partial charge in [-0.05, 0) is 31.0 Å². The average molecular weight is 252 g/mol. The molecule has 1 fully saturated rings. The van der Waals surface area contributed by atoms with Gasteiger partial charge in [0.05, 0.1) is 6.61 Å². The van der Waals surface area contributed by atoms with Crippen molar-refractivity contribution >= 4 is 5.69 Å². The van der Waals surface area contributed by atoms with Gasteiger partial charge >= 0.3 is 0 Å². The second-order valence-electron chi connectivity index (χ2n) is 5.20. The van der Waals surface area contributed by atoms with Crippen LogP contribution in [-0.2, 0) is 4.74 Å². The highest BCUT2D eigenvalue weighted by Gasteiger charge is 2.32. The molecule has 3 nitrogen and oxygen atoms in total. The molecule has 1 aliphatic rings. The lowest BCUT2D eigenvalue weighted by Crippen LogP contribution is -2.46. The number of hydrogen-bond acceptors (Lipinski definition) is 3. The molecule has 2 N–H and O–H groups in total. The van der Waals surface area contributed by atoms with Gasteiger partial charge in [-0.2, -0.15) is 0 Å². The molecular weight excluding hydrogens is 231 g/mol. The van der Waals surface area contributed by atoms with Crippen molar-refractivity contribution in [2.75, 3.05) is 38.3 Å². The van der Waals surface area contributed by atoms with Gasteiger partial charge in [0.1, 0.15) is 5.82 Å². The largest absolute Gasteiger partial charge is 0.381 e. The lowest BCUT2D eigenvalue weighted by Gasteiger charge is -2.39. The van der Waals surface area contributed by atoms with Crippen LogP contribution in [0.4, 0.5) is 10.1 Å². The highest BCUT2D eigenvalue weighted by Crippen LogP contribution is 2.30.